The van der Waals surface area contributed by atoms with Crippen LogP contribution in [0.3, 0.4) is 0 Å². The van der Waals surface area contributed by atoms with Gasteiger partial charge in [0.1, 0.15) is 11.5 Å². The monoisotopic (exact) mass is 740 g/mol. The highest BCUT2D eigenvalue weighted by atomic mass is 16.5. The molecule has 55 heavy (non-hydrogen) atoms. The van der Waals surface area contributed by atoms with Crippen molar-refractivity contribution in [1.29, 1.82) is 0 Å². The molecule has 1 saturated carbocycles. The van der Waals surface area contributed by atoms with E-state index < -0.39 is 0 Å². The van der Waals surface area contributed by atoms with E-state index in [9.17, 15) is 4.79 Å². The van der Waals surface area contributed by atoms with E-state index >= 15 is 0 Å². The predicted molar refractivity (Wildman–Crippen MR) is 221 cm³/mol. The topological polar surface area (TPSA) is 78.1 Å². The number of amides is 2. The number of hydrogen-bond acceptors (Lipinski definition) is 5. The molecule has 1 unspecified atom stereocenters. The van der Waals surface area contributed by atoms with Gasteiger partial charge in [0.2, 0.25) is 0 Å². The summed E-state index contributed by atoms with van der Waals surface area (Å²) in [6.07, 6.45) is 2.38. The van der Waals surface area contributed by atoms with Gasteiger partial charge in [0, 0.05) is 30.0 Å². The van der Waals surface area contributed by atoms with Crippen LogP contribution in [0, 0.1) is 0 Å². The molecule has 0 saturated heterocycles. The molecule has 6 rings (SSSR count). The largest absolute Gasteiger partial charge is 0.494 e. The average Bonchev–Trinajstić information content (AvgIpc) is 3.92. The first-order valence-corrected chi connectivity index (χ1v) is 19.7. The Kier molecular flexibility index (Phi) is 14.0. The van der Waals surface area contributed by atoms with Gasteiger partial charge in [-0.1, -0.05) is 131 Å². The summed E-state index contributed by atoms with van der Waals surface area (Å²) in [5, 5.41) is 6.60. The molecule has 1 atom stereocenters. The quantitative estimate of drug-likeness (QED) is 0.0777. The van der Waals surface area contributed by atoms with E-state index in [-0.39, 0.29) is 29.3 Å². The van der Waals surface area contributed by atoms with Crippen LogP contribution in [0.25, 0.3) is 0 Å². The number of carbonyl (C=O) groups excluding carboxylic acids is 1. The lowest BCUT2D eigenvalue weighted by atomic mass is 9.87. The molecule has 0 heterocycles. The second-order valence-electron chi connectivity index (χ2n) is 15.0. The van der Waals surface area contributed by atoms with Gasteiger partial charge in [0.15, 0.2) is 0 Å². The molecule has 1 aliphatic rings. The van der Waals surface area contributed by atoms with Crippen molar-refractivity contribution >= 4 is 11.7 Å². The predicted octanol–water partition coefficient (Wildman–Crippen LogP) is 10.8. The van der Waals surface area contributed by atoms with E-state index in [0.717, 1.165) is 58.7 Å². The third-order valence-electron chi connectivity index (χ3n) is 10.2. The summed E-state index contributed by atoms with van der Waals surface area (Å²) in [5.74, 6) is 2.18. The van der Waals surface area contributed by atoms with Gasteiger partial charge < -0.3 is 29.6 Å². The third kappa shape index (κ3) is 10.8. The van der Waals surface area contributed by atoms with Crippen molar-refractivity contribution in [1.82, 2.24) is 5.32 Å². The number of hydrogen-bond donors (Lipinski definition) is 2. The maximum absolute atomic E-state index is 13.7. The molecule has 2 N–H and O–H groups in total. The number of benzene rings is 5. The molecule has 0 bridgehead atoms. The molecule has 0 aliphatic heterocycles. The van der Waals surface area contributed by atoms with E-state index in [4.69, 9.17) is 18.9 Å². The molecule has 7 heteroatoms. The Balaban J connectivity index is 1.09. The first kappa shape index (κ1) is 39.6. The summed E-state index contributed by atoms with van der Waals surface area (Å²) in [5.41, 5.74) is 7.40. The number of urea groups is 1. The zero-order chi connectivity index (χ0) is 38.5. The van der Waals surface area contributed by atoms with Gasteiger partial charge >= 0.3 is 6.03 Å². The van der Waals surface area contributed by atoms with Crippen LogP contribution < -0.4 is 20.1 Å². The molecule has 0 radical (unpaired) electrons. The van der Waals surface area contributed by atoms with Gasteiger partial charge in [-0.15, -0.1) is 0 Å². The Labute approximate surface area is 327 Å². The summed E-state index contributed by atoms with van der Waals surface area (Å²) < 4.78 is 23.8. The van der Waals surface area contributed by atoms with Crippen molar-refractivity contribution in [3.63, 3.8) is 0 Å². The lowest BCUT2D eigenvalue weighted by Gasteiger charge is -2.22. The van der Waals surface area contributed by atoms with Crippen LogP contribution in [-0.4, -0.2) is 38.5 Å². The Morgan fingerprint density at radius 1 is 0.600 bits per heavy atom. The lowest BCUT2D eigenvalue weighted by Crippen LogP contribution is -2.35. The fourth-order valence-corrected chi connectivity index (χ4v) is 7.17. The number of nitrogens with one attached hydrogen (secondary N) is 2. The van der Waals surface area contributed by atoms with Crippen molar-refractivity contribution in [2.75, 3.05) is 31.7 Å². The molecule has 5 aromatic rings. The summed E-state index contributed by atoms with van der Waals surface area (Å²) in [6.45, 7) is 12.3. The number of anilines is 1. The molecule has 1 aliphatic carbocycles. The maximum Gasteiger partial charge on any atom is 0.319 e. The smallest absolute Gasteiger partial charge is 0.319 e. The van der Waals surface area contributed by atoms with Crippen LogP contribution in [0.15, 0.2) is 127 Å². The standard InChI is InChI=1S/C48H56N2O5/c1-35(2)43-18-11-19-44(36(3)4)46(43)50-47(51)49-45-32-48(45,39-20-24-41(25-21-39)54-30-12-28-52-33-37-14-7-5-8-15-37)40-22-26-42(27-23-40)55-31-13-29-53-34-38-16-9-6-10-17-38/h5-11,14-27,35-36,45H,12-13,28-34H2,1-4H3,(H2,49,50,51). The summed E-state index contributed by atoms with van der Waals surface area (Å²) >= 11 is 0. The van der Waals surface area contributed by atoms with Gasteiger partial charge in [0.25, 0.3) is 0 Å². The lowest BCUT2D eigenvalue weighted by molar-refractivity contribution is 0.107. The van der Waals surface area contributed by atoms with Crippen LogP contribution in [0.4, 0.5) is 10.5 Å². The minimum atomic E-state index is -0.386. The van der Waals surface area contributed by atoms with Gasteiger partial charge in [-0.2, -0.15) is 0 Å². The number of carbonyl (C=O) groups is 1. The van der Waals surface area contributed by atoms with Crippen molar-refractivity contribution < 1.29 is 23.7 Å². The zero-order valence-corrected chi connectivity index (χ0v) is 32.8. The molecule has 288 valence electrons. The minimum Gasteiger partial charge on any atom is -0.494 e. The fourth-order valence-electron chi connectivity index (χ4n) is 7.17. The number of para-hydroxylation sites is 1. The zero-order valence-electron chi connectivity index (χ0n) is 32.8. The number of ether oxygens (including phenoxy) is 4. The van der Waals surface area contributed by atoms with E-state index in [1.54, 1.807) is 0 Å². The van der Waals surface area contributed by atoms with Crippen LogP contribution >= 0.6 is 0 Å². The second kappa shape index (κ2) is 19.5. The Morgan fingerprint density at radius 2 is 1.05 bits per heavy atom. The van der Waals surface area contributed by atoms with Gasteiger partial charge in [-0.05, 0) is 75.9 Å². The van der Waals surface area contributed by atoms with Crippen LogP contribution in [0.2, 0.25) is 0 Å². The van der Waals surface area contributed by atoms with Crippen LogP contribution in [0.5, 0.6) is 11.5 Å². The normalized spacial score (nSPS) is 14.5. The third-order valence-corrected chi connectivity index (χ3v) is 10.2. The average molecular weight is 741 g/mol. The van der Waals surface area contributed by atoms with Gasteiger partial charge in [0.05, 0.1) is 39.6 Å². The highest BCUT2D eigenvalue weighted by molar-refractivity contribution is 5.92. The summed E-state index contributed by atoms with van der Waals surface area (Å²) in [4.78, 5) is 13.7. The molecule has 5 aromatic carbocycles. The molecule has 2 amide bonds. The van der Waals surface area contributed by atoms with Crippen molar-refractivity contribution in [2.45, 2.75) is 83.5 Å². The van der Waals surface area contributed by atoms with Crippen molar-refractivity contribution in [3.8, 4) is 11.5 Å². The SMILES string of the molecule is CC(C)c1cccc(C(C)C)c1NC(=O)NC1CC1(c1ccc(OCCCOCc2ccccc2)cc1)c1ccc(OCCCOCc2ccccc2)cc1. The second-order valence-corrected chi connectivity index (χ2v) is 15.0. The molecule has 0 aromatic heterocycles. The van der Waals surface area contributed by atoms with E-state index in [0.29, 0.717) is 39.6 Å². The van der Waals surface area contributed by atoms with Gasteiger partial charge in [-0.3, -0.25) is 0 Å². The highest BCUT2D eigenvalue weighted by Crippen LogP contribution is 2.54. The van der Waals surface area contributed by atoms with E-state index in [1.807, 2.05) is 60.7 Å². The number of rotatable bonds is 20. The molecule has 0 spiro atoms. The van der Waals surface area contributed by atoms with E-state index in [2.05, 4.69) is 105 Å². The van der Waals surface area contributed by atoms with Crippen molar-refractivity contribution in [3.05, 3.63) is 161 Å². The van der Waals surface area contributed by atoms with Crippen molar-refractivity contribution in [2.24, 2.45) is 0 Å². The Hall–Kier alpha value is -5.11. The fraction of sp³-hybridized carbons (Fsp3) is 0.354. The Bertz CT molecular complexity index is 1790. The summed E-state index contributed by atoms with van der Waals surface area (Å²) in [7, 11) is 0. The molecular formula is C48H56N2O5. The van der Waals surface area contributed by atoms with E-state index in [1.165, 1.54) is 11.1 Å². The molecule has 7 nitrogen and oxygen atoms in total. The van der Waals surface area contributed by atoms with Crippen LogP contribution in [0.1, 0.15) is 92.2 Å². The Morgan fingerprint density at radius 3 is 1.49 bits per heavy atom. The minimum absolute atomic E-state index is 0.0942. The van der Waals surface area contributed by atoms with Gasteiger partial charge in [-0.25, -0.2) is 4.79 Å². The molecular weight excluding hydrogens is 685 g/mol. The highest BCUT2D eigenvalue weighted by Gasteiger charge is 2.57. The first-order valence-electron chi connectivity index (χ1n) is 19.7. The molecule has 1 fully saturated rings. The summed E-state index contributed by atoms with van der Waals surface area (Å²) in [6, 6.07) is 43.1. The van der Waals surface area contributed by atoms with Crippen LogP contribution in [-0.2, 0) is 28.1 Å². The first-order chi connectivity index (χ1) is 26.8. The maximum atomic E-state index is 13.7.